The van der Waals surface area contributed by atoms with Gasteiger partial charge < -0.3 is 4.74 Å². The number of halogens is 1. The Morgan fingerprint density at radius 2 is 1.62 bits per heavy atom. The normalized spacial score (nSPS) is 28.2. The average molecular weight is 460 g/mol. The van der Waals surface area contributed by atoms with Gasteiger partial charge in [-0.2, -0.15) is 0 Å². The summed E-state index contributed by atoms with van der Waals surface area (Å²) in [5.74, 6) is -2.52. The molecule has 152 valence electrons. The zero-order valence-corrected chi connectivity index (χ0v) is 17.8. The summed E-state index contributed by atoms with van der Waals surface area (Å²) in [7, 11) is 0. The molecule has 3 aliphatic rings. The Hall–Kier alpha value is -2.28. The van der Waals surface area contributed by atoms with Crippen LogP contribution in [0.2, 0.25) is 0 Å². The Balaban J connectivity index is 1.47. The van der Waals surface area contributed by atoms with Gasteiger partial charge in [-0.3, -0.25) is 19.3 Å². The molecule has 1 heterocycles. The van der Waals surface area contributed by atoms with Gasteiger partial charge in [-0.25, -0.2) is 4.79 Å². The number of carbonyl (C=O) groups is 4. The van der Waals surface area contributed by atoms with E-state index >= 15 is 0 Å². The first-order valence-corrected chi connectivity index (χ1v) is 10.6. The van der Waals surface area contributed by atoms with E-state index in [2.05, 4.69) is 15.9 Å². The number of imide groups is 1. The molecule has 2 amide bonds. The van der Waals surface area contributed by atoms with E-state index in [1.807, 2.05) is 12.2 Å². The number of likely N-dealkylation sites (tertiary alicyclic amines) is 1. The number of carbonyl (C=O) groups excluding carboxylic acids is 4. The van der Waals surface area contributed by atoms with Crippen molar-refractivity contribution in [1.82, 2.24) is 4.90 Å². The fourth-order valence-corrected chi connectivity index (χ4v) is 5.08. The molecule has 1 unspecified atom stereocenters. The number of esters is 1. The van der Waals surface area contributed by atoms with Crippen LogP contribution in [0.15, 0.2) is 40.9 Å². The van der Waals surface area contributed by atoms with Gasteiger partial charge >= 0.3 is 5.97 Å². The highest BCUT2D eigenvalue weighted by molar-refractivity contribution is 9.10. The number of fused-ring (bicyclic) bond motifs is 5. The van der Waals surface area contributed by atoms with Gasteiger partial charge in [0.15, 0.2) is 12.4 Å². The molecule has 7 heteroatoms. The molecule has 0 aromatic heterocycles. The molecule has 29 heavy (non-hydrogen) atoms. The van der Waals surface area contributed by atoms with Crippen LogP contribution in [0.3, 0.4) is 0 Å². The van der Waals surface area contributed by atoms with Crippen LogP contribution in [0.1, 0.15) is 30.6 Å². The molecule has 0 radical (unpaired) electrons. The van der Waals surface area contributed by atoms with E-state index in [4.69, 9.17) is 4.74 Å². The Labute approximate surface area is 177 Å². The number of hydrogen-bond acceptors (Lipinski definition) is 5. The lowest BCUT2D eigenvalue weighted by molar-refractivity contribution is -0.160. The maximum absolute atomic E-state index is 13.0. The summed E-state index contributed by atoms with van der Waals surface area (Å²) >= 11 is 3.30. The molecule has 6 nitrogen and oxygen atoms in total. The maximum atomic E-state index is 13.0. The van der Waals surface area contributed by atoms with Crippen LogP contribution in [0.5, 0.6) is 0 Å². The van der Waals surface area contributed by atoms with Crippen LogP contribution in [0.4, 0.5) is 0 Å². The summed E-state index contributed by atoms with van der Waals surface area (Å²) in [6, 6.07) is 5.72. The summed E-state index contributed by atoms with van der Waals surface area (Å²) in [5.41, 5.74) is 0.424. The molecule has 1 saturated carbocycles. The van der Waals surface area contributed by atoms with Crippen LogP contribution in [0.25, 0.3) is 0 Å². The first-order valence-electron chi connectivity index (χ1n) is 9.80. The van der Waals surface area contributed by atoms with Crippen molar-refractivity contribution in [3.63, 3.8) is 0 Å². The SMILES string of the molecule is CC(C)C(C(=O)OCC(=O)c1ccc(Br)cc1)N1C(=O)[C@@H]2[C@H](C1=O)[C@H]1C=C[C@@H]2C1. The fourth-order valence-electron chi connectivity index (χ4n) is 4.82. The van der Waals surface area contributed by atoms with E-state index in [1.54, 1.807) is 38.1 Å². The van der Waals surface area contributed by atoms with E-state index in [-0.39, 0.29) is 47.2 Å². The van der Waals surface area contributed by atoms with Crippen molar-refractivity contribution >= 4 is 39.5 Å². The van der Waals surface area contributed by atoms with E-state index in [0.29, 0.717) is 5.56 Å². The monoisotopic (exact) mass is 459 g/mol. The Morgan fingerprint density at radius 1 is 1.07 bits per heavy atom. The molecule has 1 saturated heterocycles. The van der Waals surface area contributed by atoms with Gasteiger partial charge in [-0.05, 0) is 36.3 Å². The van der Waals surface area contributed by atoms with Gasteiger partial charge in [0, 0.05) is 10.0 Å². The van der Waals surface area contributed by atoms with E-state index < -0.39 is 18.6 Å². The van der Waals surface area contributed by atoms with E-state index in [0.717, 1.165) is 15.8 Å². The number of ether oxygens (including phenoxy) is 1. The number of ketones is 1. The van der Waals surface area contributed by atoms with Gasteiger partial charge in [-0.1, -0.05) is 54.1 Å². The number of rotatable bonds is 6. The van der Waals surface area contributed by atoms with Crippen molar-refractivity contribution in [1.29, 1.82) is 0 Å². The van der Waals surface area contributed by atoms with Gasteiger partial charge in [0.1, 0.15) is 6.04 Å². The highest BCUT2D eigenvalue weighted by atomic mass is 79.9. The Morgan fingerprint density at radius 3 is 2.14 bits per heavy atom. The molecule has 1 aromatic carbocycles. The Kier molecular flexibility index (Phi) is 5.19. The molecule has 4 rings (SSSR count). The van der Waals surface area contributed by atoms with Crippen molar-refractivity contribution in [3.8, 4) is 0 Å². The molecule has 1 aromatic rings. The first-order chi connectivity index (χ1) is 13.8. The second-order valence-electron chi connectivity index (χ2n) is 8.27. The smallest absolute Gasteiger partial charge is 0.330 e. The molecule has 2 bridgehead atoms. The topological polar surface area (TPSA) is 80.8 Å². The highest BCUT2D eigenvalue weighted by Crippen LogP contribution is 2.53. The van der Waals surface area contributed by atoms with Crippen LogP contribution in [-0.2, 0) is 19.1 Å². The zero-order valence-electron chi connectivity index (χ0n) is 16.2. The van der Waals surface area contributed by atoms with Crippen molar-refractivity contribution in [2.75, 3.05) is 6.61 Å². The number of hydrogen-bond donors (Lipinski definition) is 0. The van der Waals surface area contributed by atoms with Gasteiger partial charge in [0.25, 0.3) is 0 Å². The summed E-state index contributed by atoms with van der Waals surface area (Å²) in [4.78, 5) is 52.3. The van der Waals surface area contributed by atoms with Crippen LogP contribution in [0, 0.1) is 29.6 Å². The third kappa shape index (κ3) is 3.35. The molecule has 1 aliphatic heterocycles. The summed E-state index contributed by atoms with van der Waals surface area (Å²) in [6.07, 6.45) is 4.86. The fraction of sp³-hybridized carbons (Fsp3) is 0.455. The number of allylic oxidation sites excluding steroid dienone is 2. The van der Waals surface area contributed by atoms with Crippen molar-refractivity contribution in [3.05, 3.63) is 46.5 Å². The summed E-state index contributed by atoms with van der Waals surface area (Å²) < 4.78 is 6.09. The average Bonchev–Trinajstić information content (AvgIpc) is 3.36. The molecule has 2 aliphatic carbocycles. The molecule has 0 N–H and O–H groups in total. The zero-order chi connectivity index (χ0) is 20.9. The third-order valence-electron chi connectivity index (χ3n) is 6.17. The number of amides is 2. The predicted octanol–water partition coefficient (Wildman–Crippen LogP) is 3.01. The maximum Gasteiger partial charge on any atom is 0.330 e. The summed E-state index contributed by atoms with van der Waals surface area (Å²) in [6.45, 7) is 3.10. The van der Waals surface area contributed by atoms with Crippen molar-refractivity contribution in [2.24, 2.45) is 29.6 Å². The van der Waals surface area contributed by atoms with Gasteiger partial charge in [0.05, 0.1) is 11.8 Å². The third-order valence-corrected chi connectivity index (χ3v) is 6.70. The lowest BCUT2D eigenvalue weighted by Gasteiger charge is -2.28. The second-order valence-corrected chi connectivity index (χ2v) is 9.19. The largest absolute Gasteiger partial charge is 0.456 e. The number of Topliss-reactive ketones (excluding diaryl/α,β-unsaturated/α-hetero) is 1. The quantitative estimate of drug-likeness (QED) is 0.282. The van der Waals surface area contributed by atoms with E-state index in [1.165, 1.54) is 0 Å². The second kappa shape index (κ2) is 7.52. The van der Waals surface area contributed by atoms with Crippen molar-refractivity contribution < 1.29 is 23.9 Å². The highest BCUT2D eigenvalue weighted by Gasteiger charge is 2.61. The minimum atomic E-state index is -1.02. The van der Waals surface area contributed by atoms with Crippen molar-refractivity contribution in [2.45, 2.75) is 26.3 Å². The molecular weight excluding hydrogens is 438 g/mol. The molecule has 0 spiro atoms. The van der Waals surface area contributed by atoms with Crippen LogP contribution in [-0.4, -0.2) is 41.1 Å². The lowest BCUT2D eigenvalue weighted by atomic mass is 9.85. The minimum absolute atomic E-state index is 0.0780. The van der Waals surface area contributed by atoms with Gasteiger partial charge in [-0.15, -0.1) is 0 Å². The molecule has 5 atom stereocenters. The number of nitrogens with zero attached hydrogens (tertiary/aromatic N) is 1. The minimum Gasteiger partial charge on any atom is -0.456 e. The van der Waals surface area contributed by atoms with E-state index in [9.17, 15) is 19.2 Å². The van der Waals surface area contributed by atoms with Crippen LogP contribution >= 0.6 is 15.9 Å². The lowest BCUT2D eigenvalue weighted by Crippen LogP contribution is -2.50. The van der Waals surface area contributed by atoms with Gasteiger partial charge in [0.2, 0.25) is 11.8 Å². The molecular formula is C22H22BrNO5. The molecule has 2 fully saturated rings. The Bertz CT molecular complexity index is 876. The summed E-state index contributed by atoms with van der Waals surface area (Å²) in [5, 5.41) is 0. The predicted molar refractivity (Wildman–Crippen MR) is 108 cm³/mol. The standard InChI is InChI=1S/C22H22BrNO5/c1-11(2)19(22(28)29-10-16(25)12-5-7-15(23)8-6-12)24-20(26)17-13-3-4-14(9-13)18(17)21(24)27/h3-8,11,13-14,17-19H,9-10H2,1-2H3/t13-,14+,17+,18-,19?. The number of benzene rings is 1. The van der Waals surface area contributed by atoms with Crippen LogP contribution < -0.4 is 0 Å². The first kappa shape index (κ1) is 20.0.